The summed E-state index contributed by atoms with van der Waals surface area (Å²) in [6, 6.07) is 46.6. The Balaban J connectivity index is 0.000000198. The first kappa shape index (κ1) is 59.8. The van der Waals surface area contributed by atoms with Gasteiger partial charge in [0.05, 0.1) is 17.1 Å². The summed E-state index contributed by atoms with van der Waals surface area (Å²) in [5.41, 5.74) is 18.9. The summed E-state index contributed by atoms with van der Waals surface area (Å²) in [7, 11) is 0. The van der Waals surface area contributed by atoms with Crippen LogP contribution in [0.15, 0.2) is 140 Å². The van der Waals surface area contributed by atoms with Gasteiger partial charge in [-0.25, -0.2) is 4.98 Å². The number of halogens is 1. The molecular formula is C69H74FIrN3O2S-2. The summed E-state index contributed by atoms with van der Waals surface area (Å²) in [4.78, 5) is 26.5. The Kier molecular flexibility index (Phi) is 20.8. The van der Waals surface area contributed by atoms with E-state index in [1.54, 1.807) is 17.4 Å². The first-order chi connectivity index (χ1) is 36.3. The van der Waals surface area contributed by atoms with Gasteiger partial charge in [0.15, 0.2) is 5.78 Å². The molecule has 0 saturated heterocycles. The Morgan fingerprint density at radius 2 is 1.27 bits per heavy atom. The zero-order chi connectivity index (χ0) is 54.8. The van der Waals surface area contributed by atoms with Crippen LogP contribution in [0.1, 0.15) is 113 Å². The molecule has 8 heteroatoms. The van der Waals surface area contributed by atoms with Crippen LogP contribution in [0.4, 0.5) is 4.39 Å². The topological polar surface area (TPSA) is 76.0 Å². The van der Waals surface area contributed by atoms with Gasteiger partial charge in [-0.2, -0.15) is 0 Å². The van der Waals surface area contributed by atoms with Gasteiger partial charge in [-0.3, -0.25) is 14.2 Å². The van der Waals surface area contributed by atoms with Gasteiger partial charge in [-0.15, -0.1) is 63.7 Å². The average Bonchev–Trinajstić information content (AvgIpc) is 3.76. The summed E-state index contributed by atoms with van der Waals surface area (Å²) in [6.45, 7) is 27.6. The Morgan fingerprint density at radius 3 is 1.87 bits per heavy atom. The van der Waals surface area contributed by atoms with E-state index in [9.17, 15) is 9.90 Å². The van der Waals surface area contributed by atoms with E-state index in [4.69, 9.17) is 0 Å². The Labute approximate surface area is 475 Å². The predicted molar refractivity (Wildman–Crippen MR) is 319 cm³/mol. The van der Waals surface area contributed by atoms with Crippen molar-refractivity contribution in [2.24, 2.45) is 17.3 Å². The molecule has 9 rings (SSSR count). The Bertz CT molecular complexity index is 3450. The van der Waals surface area contributed by atoms with Crippen molar-refractivity contribution in [2.45, 2.75) is 122 Å². The molecule has 0 fully saturated rings. The fourth-order valence-electron chi connectivity index (χ4n) is 10.1. The summed E-state index contributed by atoms with van der Waals surface area (Å²) in [5.74, 6) is 0.232. The molecule has 5 nitrogen and oxygen atoms in total. The van der Waals surface area contributed by atoms with Crippen LogP contribution in [0.3, 0.4) is 0 Å². The molecule has 3 aromatic heterocycles. The van der Waals surface area contributed by atoms with Crippen molar-refractivity contribution in [1.82, 2.24) is 15.0 Å². The molecular weight excluding hydrogens is 1150 g/mol. The van der Waals surface area contributed by atoms with Gasteiger partial charge in [0, 0.05) is 59.5 Å². The maximum absolute atomic E-state index is 15.0. The van der Waals surface area contributed by atoms with Crippen molar-refractivity contribution in [1.29, 1.82) is 0 Å². The minimum Gasteiger partial charge on any atom is -0.512 e. The van der Waals surface area contributed by atoms with Gasteiger partial charge in [0.1, 0.15) is 6.33 Å². The van der Waals surface area contributed by atoms with Gasteiger partial charge >= 0.3 is 0 Å². The normalized spacial score (nSPS) is 11.6. The van der Waals surface area contributed by atoms with Crippen LogP contribution in [0, 0.1) is 76.7 Å². The van der Waals surface area contributed by atoms with Crippen LogP contribution in [-0.2, 0) is 31.3 Å². The fourth-order valence-corrected chi connectivity index (χ4v) is 11.6. The molecule has 0 bridgehead atoms. The predicted octanol–water partition coefficient (Wildman–Crippen LogP) is 19.3. The molecule has 9 aromatic rings. The van der Waals surface area contributed by atoms with Crippen molar-refractivity contribution in [2.75, 3.05) is 0 Å². The maximum atomic E-state index is 15.0. The van der Waals surface area contributed by atoms with Crippen LogP contribution < -0.4 is 0 Å². The smallest absolute Gasteiger partial charge is 0.162 e. The molecule has 6 aromatic carbocycles. The Hall–Kier alpha value is -6.44. The first-order valence-corrected chi connectivity index (χ1v) is 27.7. The number of pyridine rings is 1. The van der Waals surface area contributed by atoms with Gasteiger partial charge in [-0.1, -0.05) is 170 Å². The third-order valence-corrected chi connectivity index (χ3v) is 15.4. The summed E-state index contributed by atoms with van der Waals surface area (Å²) >= 11 is 1.64. The zero-order valence-electron chi connectivity index (χ0n) is 47.2. The van der Waals surface area contributed by atoms with Crippen molar-refractivity contribution in [3.05, 3.63) is 197 Å². The number of hydrogen-bond acceptors (Lipinski definition) is 6. The summed E-state index contributed by atoms with van der Waals surface area (Å²) in [6.07, 6.45) is 9.41. The minimum absolute atomic E-state index is 0. The fraction of sp³-hybridized carbons (Fsp3) is 0.304. The number of fused-ring (bicyclic) bond motifs is 2. The molecule has 77 heavy (non-hydrogen) atoms. The van der Waals surface area contributed by atoms with Crippen molar-refractivity contribution < 1.29 is 34.4 Å². The quantitative estimate of drug-likeness (QED) is 0.0707. The van der Waals surface area contributed by atoms with Gasteiger partial charge < -0.3 is 10.1 Å². The number of aliphatic hydroxyl groups is 1. The number of ketones is 1. The number of thiophene rings is 1. The van der Waals surface area contributed by atoms with Gasteiger partial charge in [-0.05, 0) is 127 Å². The number of carbonyl (C=O) groups excluding carboxylic acids is 1. The van der Waals surface area contributed by atoms with Crippen LogP contribution in [0.5, 0.6) is 0 Å². The number of aliphatic hydroxyl groups excluding tert-OH is 1. The monoisotopic (exact) mass is 1220 g/mol. The standard InChI is InChI=1S/C30H30N.C26H20FN2S.C13H24O2.Ir/c1-21-16-22(2)18-28(17-21)29-19-27(14-15-31-29)26-12-10-25(11-13-26)24-8-6-23(7-9-24)20-30(3,4)5;1-14-9-15(2)22(16(3)10-14)25-17(4)23-26(30-25)24(29-13-28-23)20-11-18-7-5-6-8-19(18)12-21(20)27;1-5-10(6-2)12(14)9-13(15)11(7-3)8-4;/h6-17,19H,20H2,1-5H3;5-10,12-13H,1-4H3;9-11,14H,5-8H2,1-4H3;/q2*-1;;/b;;12-9-;. The number of allylic oxidation sites excluding steroid dienone is 2. The van der Waals surface area contributed by atoms with E-state index in [0.717, 1.165) is 75.5 Å². The molecule has 0 aliphatic rings. The number of aryl methyl sites for hydroxylation is 6. The van der Waals surface area contributed by atoms with E-state index < -0.39 is 0 Å². The van der Waals surface area contributed by atoms with Crippen molar-refractivity contribution >= 4 is 38.1 Å². The first-order valence-electron chi connectivity index (χ1n) is 26.8. The maximum Gasteiger partial charge on any atom is 0.162 e. The van der Waals surface area contributed by atoms with Crippen molar-refractivity contribution in [3.8, 4) is 55.2 Å². The molecule has 0 atom stereocenters. The molecule has 1 radical (unpaired) electrons. The molecule has 0 saturated carbocycles. The second-order valence-corrected chi connectivity index (χ2v) is 22.5. The summed E-state index contributed by atoms with van der Waals surface area (Å²) in [5, 5.41) is 11.5. The van der Waals surface area contributed by atoms with Crippen molar-refractivity contribution in [3.63, 3.8) is 0 Å². The van der Waals surface area contributed by atoms with E-state index in [1.807, 2.05) is 58.2 Å². The Morgan fingerprint density at radius 1 is 0.688 bits per heavy atom. The van der Waals surface area contributed by atoms with E-state index in [1.165, 1.54) is 72.9 Å². The van der Waals surface area contributed by atoms with Crippen LogP contribution in [0.2, 0.25) is 0 Å². The van der Waals surface area contributed by atoms with E-state index in [2.05, 4.69) is 174 Å². The van der Waals surface area contributed by atoms with Crippen LogP contribution >= 0.6 is 11.3 Å². The molecule has 401 valence electrons. The summed E-state index contributed by atoms with van der Waals surface area (Å²) < 4.78 is 15.9. The molecule has 0 aliphatic heterocycles. The molecule has 0 unspecified atom stereocenters. The van der Waals surface area contributed by atoms with Gasteiger partial charge in [0.2, 0.25) is 0 Å². The number of aromatic nitrogens is 3. The molecule has 0 spiro atoms. The average molecular weight is 1220 g/mol. The van der Waals surface area contributed by atoms with Gasteiger partial charge in [0.25, 0.3) is 0 Å². The van der Waals surface area contributed by atoms with E-state index in [0.29, 0.717) is 16.7 Å². The van der Waals surface area contributed by atoms with Crippen LogP contribution in [0.25, 0.3) is 76.2 Å². The second-order valence-electron chi connectivity index (χ2n) is 21.5. The third kappa shape index (κ3) is 15.0. The second kappa shape index (κ2) is 26.7. The number of hydrogen-bond donors (Lipinski definition) is 1. The van der Waals surface area contributed by atoms with E-state index >= 15 is 4.39 Å². The largest absolute Gasteiger partial charge is 0.512 e. The molecule has 0 amide bonds. The number of rotatable bonds is 13. The molecule has 3 heterocycles. The zero-order valence-corrected chi connectivity index (χ0v) is 50.4. The van der Waals surface area contributed by atoms with E-state index in [-0.39, 0.29) is 49.3 Å². The molecule has 1 N–H and O–H groups in total. The number of benzene rings is 6. The number of nitrogens with zero attached hydrogens (tertiary/aromatic N) is 3. The SMILES string of the molecule is CCC(CC)C(=O)/C=C(\O)C(CC)CC.Cc1[c-]c(-c2cc(-c3ccc(-c4ccc(CC(C)(C)C)cc4)cc3)ccn2)cc(C)c1.Cc1cc(C)c(-c2sc3c(-c4[c-]c5ccccc5cc4F)ncnc3c2C)c(C)c1.[Ir]. The third-order valence-electron chi connectivity index (χ3n) is 14.1. The minimum atomic E-state index is -0.316. The molecule has 0 aliphatic carbocycles. The number of carbonyl (C=O) groups is 1. The van der Waals surface area contributed by atoms with Crippen LogP contribution in [-0.4, -0.2) is 25.8 Å².